The van der Waals surface area contributed by atoms with E-state index in [4.69, 9.17) is 16.3 Å². The highest BCUT2D eigenvalue weighted by atomic mass is 79.9. The molecule has 2 nitrogen and oxygen atoms in total. The van der Waals surface area contributed by atoms with Gasteiger partial charge in [-0.3, -0.25) is 4.79 Å². The van der Waals surface area contributed by atoms with Gasteiger partial charge in [-0.15, -0.1) is 0 Å². The molecular formula is C14H9BrClFO2. The quantitative estimate of drug-likeness (QED) is 0.768. The molecule has 0 aliphatic heterocycles. The third kappa shape index (κ3) is 2.96. The monoisotopic (exact) mass is 342 g/mol. The zero-order chi connectivity index (χ0) is 14.0. The second kappa shape index (κ2) is 5.72. The van der Waals surface area contributed by atoms with E-state index in [-0.39, 0.29) is 5.56 Å². The minimum atomic E-state index is -0.577. The van der Waals surface area contributed by atoms with Crippen molar-refractivity contribution in [2.75, 3.05) is 7.11 Å². The van der Waals surface area contributed by atoms with Crippen LogP contribution in [0.2, 0.25) is 5.02 Å². The summed E-state index contributed by atoms with van der Waals surface area (Å²) in [6.45, 7) is 0. The maximum atomic E-state index is 13.7. The van der Waals surface area contributed by atoms with E-state index in [2.05, 4.69) is 15.9 Å². The molecule has 0 heterocycles. The standard InChI is InChI=1S/C14H9BrClFO2/c1-19-13-5-2-8(6-11(13)16)14(18)10-4-3-9(15)7-12(10)17/h2-7H,1H3. The van der Waals surface area contributed by atoms with E-state index in [1.165, 1.54) is 25.3 Å². The van der Waals surface area contributed by atoms with Crippen molar-refractivity contribution in [3.05, 3.63) is 62.8 Å². The minimum Gasteiger partial charge on any atom is -0.495 e. The first-order valence-corrected chi connectivity index (χ1v) is 6.53. The highest BCUT2D eigenvalue weighted by Gasteiger charge is 2.15. The molecule has 0 bridgehead atoms. The number of carbonyl (C=O) groups excluding carboxylic acids is 1. The summed E-state index contributed by atoms with van der Waals surface area (Å²) in [7, 11) is 1.48. The number of hydrogen-bond acceptors (Lipinski definition) is 2. The van der Waals surface area contributed by atoms with Gasteiger partial charge in [0.15, 0.2) is 5.78 Å². The second-order valence-electron chi connectivity index (χ2n) is 3.80. The van der Waals surface area contributed by atoms with Crippen LogP contribution in [-0.2, 0) is 0 Å². The summed E-state index contributed by atoms with van der Waals surface area (Å²) in [6, 6.07) is 8.88. The Labute approximate surface area is 123 Å². The number of ether oxygens (including phenoxy) is 1. The molecule has 0 amide bonds. The Morgan fingerprint density at radius 3 is 2.58 bits per heavy atom. The first-order chi connectivity index (χ1) is 9.02. The van der Waals surface area contributed by atoms with Crippen LogP contribution in [0.1, 0.15) is 15.9 Å². The average molecular weight is 344 g/mol. The van der Waals surface area contributed by atoms with Crippen molar-refractivity contribution in [3.8, 4) is 5.75 Å². The fraction of sp³-hybridized carbons (Fsp3) is 0.0714. The summed E-state index contributed by atoms with van der Waals surface area (Å²) < 4.78 is 19.3. The molecule has 0 spiro atoms. The lowest BCUT2D eigenvalue weighted by molar-refractivity contribution is 0.103. The largest absolute Gasteiger partial charge is 0.495 e. The van der Waals surface area contributed by atoms with Gasteiger partial charge >= 0.3 is 0 Å². The van der Waals surface area contributed by atoms with Crippen molar-refractivity contribution in [2.45, 2.75) is 0 Å². The zero-order valence-corrected chi connectivity index (χ0v) is 12.3. The average Bonchev–Trinajstić information content (AvgIpc) is 2.38. The fourth-order valence-electron chi connectivity index (χ4n) is 1.64. The third-order valence-corrected chi connectivity index (χ3v) is 3.38. The van der Waals surface area contributed by atoms with E-state index in [0.717, 1.165) is 0 Å². The van der Waals surface area contributed by atoms with Gasteiger partial charge in [0, 0.05) is 10.0 Å². The van der Waals surface area contributed by atoms with Crippen LogP contribution in [-0.4, -0.2) is 12.9 Å². The molecule has 0 aromatic heterocycles. The molecule has 0 aliphatic carbocycles. The summed E-state index contributed by atoms with van der Waals surface area (Å²) >= 11 is 9.09. The number of benzene rings is 2. The fourth-order valence-corrected chi connectivity index (χ4v) is 2.23. The lowest BCUT2D eigenvalue weighted by atomic mass is 10.0. The van der Waals surface area contributed by atoms with E-state index in [0.29, 0.717) is 20.8 Å². The number of rotatable bonds is 3. The Kier molecular flexibility index (Phi) is 4.22. The second-order valence-corrected chi connectivity index (χ2v) is 5.13. The van der Waals surface area contributed by atoms with E-state index in [9.17, 15) is 9.18 Å². The van der Waals surface area contributed by atoms with Gasteiger partial charge in [-0.1, -0.05) is 27.5 Å². The molecule has 0 unspecified atom stereocenters. The van der Waals surface area contributed by atoms with Crippen LogP contribution in [0.4, 0.5) is 4.39 Å². The lowest BCUT2D eigenvalue weighted by Gasteiger charge is -2.06. The summed E-state index contributed by atoms with van der Waals surface area (Å²) in [4.78, 5) is 12.2. The number of hydrogen-bond donors (Lipinski definition) is 0. The molecule has 2 aromatic rings. The van der Waals surface area contributed by atoms with Crippen molar-refractivity contribution in [1.29, 1.82) is 0 Å². The van der Waals surface area contributed by atoms with Crippen LogP contribution in [0.15, 0.2) is 40.9 Å². The first-order valence-electron chi connectivity index (χ1n) is 5.36. The van der Waals surface area contributed by atoms with E-state index < -0.39 is 11.6 Å². The molecule has 0 atom stereocenters. The molecule has 0 saturated carbocycles. The minimum absolute atomic E-state index is 0.00411. The van der Waals surface area contributed by atoms with Gasteiger partial charge < -0.3 is 4.74 Å². The Hall–Kier alpha value is -1.39. The summed E-state index contributed by atoms with van der Waals surface area (Å²) in [5.41, 5.74) is 0.316. The topological polar surface area (TPSA) is 26.3 Å². The maximum absolute atomic E-state index is 13.7. The lowest BCUT2D eigenvalue weighted by Crippen LogP contribution is -2.04. The molecule has 2 rings (SSSR count). The van der Waals surface area contributed by atoms with Crippen molar-refractivity contribution in [3.63, 3.8) is 0 Å². The van der Waals surface area contributed by atoms with Gasteiger partial charge in [0.05, 0.1) is 17.7 Å². The van der Waals surface area contributed by atoms with Gasteiger partial charge in [-0.25, -0.2) is 4.39 Å². The zero-order valence-electron chi connectivity index (χ0n) is 9.91. The van der Waals surface area contributed by atoms with E-state index in [1.54, 1.807) is 18.2 Å². The van der Waals surface area contributed by atoms with Gasteiger partial charge in [0.2, 0.25) is 0 Å². The number of methoxy groups -OCH3 is 1. The van der Waals surface area contributed by atoms with E-state index in [1.807, 2.05) is 0 Å². The summed E-state index contributed by atoms with van der Waals surface area (Å²) in [5.74, 6) is -0.532. The van der Waals surface area contributed by atoms with Crippen molar-refractivity contribution < 1.29 is 13.9 Å². The molecule has 0 aliphatic rings. The molecule has 5 heteroatoms. The number of halogens is 3. The van der Waals surface area contributed by atoms with Gasteiger partial charge in [0.1, 0.15) is 11.6 Å². The highest BCUT2D eigenvalue weighted by molar-refractivity contribution is 9.10. The van der Waals surface area contributed by atoms with Crippen LogP contribution in [0.25, 0.3) is 0 Å². The normalized spacial score (nSPS) is 10.3. The van der Waals surface area contributed by atoms with Gasteiger partial charge in [0.25, 0.3) is 0 Å². The van der Waals surface area contributed by atoms with Crippen molar-refractivity contribution in [2.24, 2.45) is 0 Å². The SMILES string of the molecule is COc1ccc(C(=O)c2ccc(Br)cc2F)cc1Cl. The summed E-state index contributed by atoms with van der Waals surface area (Å²) in [6.07, 6.45) is 0. The van der Waals surface area contributed by atoms with Gasteiger partial charge in [-0.2, -0.15) is 0 Å². The van der Waals surface area contributed by atoms with Crippen LogP contribution in [0.3, 0.4) is 0 Å². The van der Waals surface area contributed by atoms with Crippen molar-refractivity contribution >= 4 is 33.3 Å². The molecule has 98 valence electrons. The predicted molar refractivity (Wildman–Crippen MR) is 75.5 cm³/mol. The van der Waals surface area contributed by atoms with E-state index >= 15 is 0 Å². The Bertz CT molecular complexity index is 643. The third-order valence-electron chi connectivity index (χ3n) is 2.59. The molecule has 2 aromatic carbocycles. The van der Waals surface area contributed by atoms with Crippen molar-refractivity contribution in [1.82, 2.24) is 0 Å². The smallest absolute Gasteiger partial charge is 0.196 e. The molecule has 19 heavy (non-hydrogen) atoms. The Balaban J connectivity index is 2.41. The molecule has 0 saturated heterocycles. The maximum Gasteiger partial charge on any atom is 0.196 e. The highest BCUT2D eigenvalue weighted by Crippen LogP contribution is 2.26. The molecule has 0 radical (unpaired) electrons. The van der Waals surface area contributed by atoms with Crippen LogP contribution < -0.4 is 4.74 Å². The van der Waals surface area contributed by atoms with Gasteiger partial charge in [-0.05, 0) is 36.4 Å². The van der Waals surface area contributed by atoms with Crippen LogP contribution in [0.5, 0.6) is 5.75 Å². The number of carbonyl (C=O) groups is 1. The first kappa shape index (κ1) is 14.0. The number of ketones is 1. The van der Waals surface area contributed by atoms with Crippen LogP contribution in [0, 0.1) is 5.82 Å². The molecule has 0 N–H and O–H groups in total. The Morgan fingerprint density at radius 2 is 2.00 bits per heavy atom. The molecular weight excluding hydrogens is 335 g/mol. The van der Waals surface area contributed by atoms with Crippen LogP contribution >= 0.6 is 27.5 Å². The summed E-state index contributed by atoms with van der Waals surface area (Å²) in [5, 5.41) is 0.311. The predicted octanol–water partition coefficient (Wildman–Crippen LogP) is 4.48. The Morgan fingerprint density at radius 1 is 1.26 bits per heavy atom. The molecule has 0 fully saturated rings.